The molecule has 0 saturated heterocycles. The van der Waals surface area contributed by atoms with E-state index in [0.29, 0.717) is 5.15 Å². The number of hydrogen-bond acceptors (Lipinski definition) is 2. The lowest BCUT2D eigenvalue weighted by Gasteiger charge is -2.10. The quantitative estimate of drug-likeness (QED) is 0.456. The van der Waals surface area contributed by atoms with Crippen molar-refractivity contribution in [3.63, 3.8) is 0 Å². The molecule has 3 nitrogen and oxygen atoms in total. The van der Waals surface area contributed by atoms with Gasteiger partial charge in [0.2, 0.25) is 0 Å². The Bertz CT molecular complexity index is 1000. The number of pyridine rings is 1. The first-order valence-electron chi connectivity index (χ1n) is 7.77. The lowest BCUT2D eigenvalue weighted by molar-refractivity contribution is 1.20. The first-order chi connectivity index (χ1) is 11.7. The second kappa shape index (κ2) is 6.02. The monoisotopic (exact) mass is 333 g/mol. The summed E-state index contributed by atoms with van der Waals surface area (Å²) in [4.78, 5) is 7.45. The molecule has 4 rings (SSSR count). The van der Waals surface area contributed by atoms with Crippen molar-refractivity contribution in [1.29, 1.82) is 0 Å². The zero-order chi connectivity index (χ0) is 16.5. The number of aryl methyl sites for hydroxylation is 1. The van der Waals surface area contributed by atoms with Crippen molar-refractivity contribution in [3.8, 4) is 11.1 Å². The smallest absolute Gasteiger partial charge is 0.131 e. The maximum Gasteiger partial charge on any atom is 0.131 e. The van der Waals surface area contributed by atoms with E-state index in [4.69, 9.17) is 11.6 Å². The van der Waals surface area contributed by atoms with Gasteiger partial charge in [-0.2, -0.15) is 0 Å². The average molecular weight is 334 g/mol. The molecule has 2 N–H and O–H groups in total. The standard InChI is InChI=1S/C20H16ClN3/c1-13-10-16(12-20(21)23-13)24-15-5-2-4-14(11-15)17-6-3-7-19-18(17)8-9-22-19/h2-12,22H,1H3,(H,23,24). The Morgan fingerprint density at radius 3 is 2.71 bits per heavy atom. The van der Waals surface area contributed by atoms with Crippen molar-refractivity contribution < 1.29 is 0 Å². The minimum absolute atomic E-state index is 0.491. The van der Waals surface area contributed by atoms with Gasteiger partial charge in [-0.05, 0) is 54.4 Å². The average Bonchev–Trinajstić information content (AvgIpc) is 3.02. The Morgan fingerprint density at radius 2 is 1.83 bits per heavy atom. The van der Waals surface area contributed by atoms with E-state index in [9.17, 15) is 0 Å². The maximum atomic E-state index is 6.04. The number of halogens is 1. The second-order valence-electron chi connectivity index (χ2n) is 5.77. The summed E-state index contributed by atoms with van der Waals surface area (Å²) in [7, 11) is 0. The van der Waals surface area contributed by atoms with Gasteiger partial charge in [-0.25, -0.2) is 4.98 Å². The molecule has 24 heavy (non-hydrogen) atoms. The molecular weight excluding hydrogens is 318 g/mol. The number of nitrogens with zero attached hydrogens (tertiary/aromatic N) is 1. The van der Waals surface area contributed by atoms with Crippen molar-refractivity contribution in [2.75, 3.05) is 5.32 Å². The van der Waals surface area contributed by atoms with Gasteiger partial charge >= 0.3 is 0 Å². The highest BCUT2D eigenvalue weighted by Crippen LogP contribution is 2.30. The van der Waals surface area contributed by atoms with Gasteiger partial charge in [0.1, 0.15) is 5.15 Å². The van der Waals surface area contributed by atoms with E-state index in [0.717, 1.165) is 22.6 Å². The number of H-pyrrole nitrogens is 1. The first kappa shape index (κ1) is 14.8. The number of aromatic amines is 1. The van der Waals surface area contributed by atoms with Crippen molar-refractivity contribution in [2.45, 2.75) is 6.92 Å². The molecule has 0 bridgehead atoms. The van der Waals surface area contributed by atoms with Gasteiger partial charge in [-0.3, -0.25) is 0 Å². The van der Waals surface area contributed by atoms with Crippen LogP contribution in [0.2, 0.25) is 5.15 Å². The van der Waals surface area contributed by atoms with Crippen LogP contribution in [0.4, 0.5) is 11.4 Å². The number of anilines is 2. The van der Waals surface area contributed by atoms with Gasteiger partial charge < -0.3 is 10.3 Å². The largest absolute Gasteiger partial charge is 0.361 e. The highest BCUT2D eigenvalue weighted by atomic mass is 35.5. The normalized spacial score (nSPS) is 10.9. The predicted molar refractivity (Wildman–Crippen MR) is 101 cm³/mol. The van der Waals surface area contributed by atoms with Crippen LogP contribution in [0.5, 0.6) is 0 Å². The van der Waals surface area contributed by atoms with E-state index in [1.165, 1.54) is 16.5 Å². The summed E-state index contributed by atoms with van der Waals surface area (Å²) >= 11 is 6.04. The maximum absolute atomic E-state index is 6.04. The van der Waals surface area contributed by atoms with Crippen LogP contribution in [-0.4, -0.2) is 9.97 Å². The molecule has 0 atom stereocenters. The number of rotatable bonds is 3. The third-order valence-corrected chi connectivity index (χ3v) is 4.17. The number of fused-ring (bicyclic) bond motifs is 1. The summed E-state index contributed by atoms with van der Waals surface area (Å²) in [5, 5.41) is 5.12. The third-order valence-electron chi connectivity index (χ3n) is 3.98. The van der Waals surface area contributed by atoms with Crippen molar-refractivity contribution in [2.24, 2.45) is 0 Å². The number of aromatic nitrogens is 2. The van der Waals surface area contributed by atoms with Crippen LogP contribution < -0.4 is 5.32 Å². The summed E-state index contributed by atoms with van der Waals surface area (Å²) in [5.74, 6) is 0. The van der Waals surface area contributed by atoms with Gasteiger partial charge in [0, 0.05) is 34.2 Å². The summed E-state index contributed by atoms with van der Waals surface area (Å²) < 4.78 is 0. The molecule has 0 aliphatic heterocycles. The van der Waals surface area contributed by atoms with Crippen LogP contribution in [0.3, 0.4) is 0 Å². The van der Waals surface area contributed by atoms with Crippen LogP contribution in [0.25, 0.3) is 22.0 Å². The third kappa shape index (κ3) is 2.86. The molecule has 2 heterocycles. The van der Waals surface area contributed by atoms with Crippen LogP contribution >= 0.6 is 11.6 Å². The van der Waals surface area contributed by atoms with Gasteiger partial charge in [0.25, 0.3) is 0 Å². The fraction of sp³-hybridized carbons (Fsp3) is 0.0500. The Kier molecular flexibility index (Phi) is 3.71. The number of hydrogen-bond donors (Lipinski definition) is 2. The summed E-state index contributed by atoms with van der Waals surface area (Å²) in [6.45, 7) is 1.93. The second-order valence-corrected chi connectivity index (χ2v) is 6.16. The molecule has 0 amide bonds. The summed E-state index contributed by atoms with van der Waals surface area (Å²) in [5.41, 5.74) is 6.36. The van der Waals surface area contributed by atoms with Crippen molar-refractivity contribution in [3.05, 3.63) is 77.7 Å². The summed E-state index contributed by atoms with van der Waals surface area (Å²) in [6, 6.07) is 20.6. The molecule has 4 heteroatoms. The van der Waals surface area contributed by atoms with Gasteiger partial charge in [-0.1, -0.05) is 35.9 Å². The van der Waals surface area contributed by atoms with Crippen LogP contribution in [0, 0.1) is 6.92 Å². The van der Waals surface area contributed by atoms with E-state index in [1.54, 1.807) is 0 Å². The highest BCUT2D eigenvalue weighted by molar-refractivity contribution is 6.29. The van der Waals surface area contributed by atoms with E-state index in [2.05, 4.69) is 57.7 Å². The van der Waals surface area contributed by atoms with E-state index < -0.39 is 0 Å². The van der Waals surface area contributed by atoms with Gasteiger partial charge in [0.15, 0.2) is 0 Å². The van der Waals surface area contributed by atoms with Crippen molar-refractivity contribution >= 4 is 33.9 Å². The Hall–Kier alpha value is -2.78. The Morgan fingerprint density at radius 1 is 0.958 bits per heavy atom. The molecule has 4 aromatic rings. The molecule has 0 fully saturated rings. The molecule has 2 aromatic carbocycles. The topological polar surface area (TPSA) is 40.7 Å². The SMILES string of the molecule is Cc1cc(Nc2cccc(-c3cccc4[nH]ccc34)c2)cc(Cl)n1. The molecule has 0 spiro atoms. The molecule has 0 aliphatic carbocycles. The zero-order valence-electron chi connectivity index (χ0n) is 13.2. The minimum atomic E-state index is 0.491. The molecule has 118 valence electrons. The van der Waals surface area contributed by atoms with E-state index in [1.807, 2.05) is 31.3 Å². The first-order valence-corrected chi connectivity index (χ1v) is 8.14. The van der Waals surface area contributed by atoms with Gasteiger partial charge in [0.05, 0.1) is 0 Å². The minimum Gasteiger partial charge on any atom is -0.361 e. The van der Waals surface area contributed by atoms with Crippen LogP contribution in [0.15, 0.2) is 66.9 Å². The molecule has 2 aromatic heterocycles. The highest BCUT2D eigenvalue weighted by Gasteiger charge is 2.06. The molecule has 0 saturated carbocycles. The molecule has 0 unspecified atom stereocenters. The van der Waals surface area contributed by atoms with Crippen molar-refractivity contribution in [1.82, 2.24) is 9.97 Å². The van der Waals surface area contributed by atoms with Crippen LogP contribution in [-0.2, 0) is 0 Å². The molecule has 0 radical (unpaired) electrons. The fourth-order valence-corrected chi connectivity index (χ4v) is 3.22. The van der Waals surface area contributed by atoms with E-state index >= 15 is 0 Å². The molecule has 0 aliphatic rings. The number of benzene rings is 2. The Labute approximate surface area is 145 Å². The predicted octanol–water partition coefficient (Wildman–Crippen LogP) is 5.94. The van der Waals surface area contributed by atoms with Gasteiger partial charge in [-0.15, -0.1) is 0 Å². The molecular formula is C20H16ClN3. The Balaban J connectivity index is 1.72. The van der Waals surface area contributed by atoms with Crippen LogP contribution in [0.1, 0.15) is 5.69 Å². The summed E-state index contributed by atoms with van der Waals surface area (Å²) in [6.07, 6.45) is 1.97. The fourth-order valence-electron chi connectivity index (χ4n) is 2.97. The zero-order valence-corrected chi connectivity index (χ0v) is 13.9. The lowest BCUT2D eigenvalue weighted by atomic mass is 10.0. The van der Waals surface area contributed by atoms with E-state index in [-0.39, 0.29) is 0 Å². The lowest BCUT2D eigenvalue weighted by Crippen LogP contribution is -1.93. The number of nitrogens with one attached hydrogen (secondary N) is 2.